The second-order valence-corrected chi connectivity index (χ2v) is 11.8. The molecule has 0 unspecified atom stereocenters. The van der Waals surface area contributed by atoms with Crippen molar-refractivity contribution in [1.29, 1.82) is 0 Å². The van der Waals surface area contributed by atoms with Crippen molar-refractivity contribution in [3.63, 3.8) is 0 Å². The number of aromatic nitrogens is 2. The van der Waals surface area contributed by atoms with Gasteiger partial charge >= 0.3 is 0 Å². The van der Waals surface area contributed by atoms with Gasteiger partial charge in [0.2, 0.25) is 11.7 Å². The average molecular weight is 563 g/mol. The minimum atomic E-state index is -0.470. The Morgan fingerprint density at radius 1 is 0.905 bits per heavy atom. The van der Waals surface area contributed by atoms with E-state index in [9.17, 15) is 0 Å². The molecule has 2 aliphatic heterocycles. The van der Waals surface area contributed by atoms with Gasteiger partial charge in [0.1, 0.15) is 5.82 Å². The molecule has 214 valence electrons. The second kappa shape index (κ2) is 10.6. The quantitative estimate of drug-likeness (QED) is 0.242. The molecule has 0 spiro atoms. The van der Waals surface area contributed by atoms with Crippen LogP contribution in [0.1, 0.15) is 68.1 Å². The van der Waals surface area contributed by atoms with Gasteiger partial charge in [-0.3, -0.25) is 0 Å². The van der Waals surface area contributed by atoms with Crippen LogP contribution >= 0.6 is 0 Å². The predicted octanol–water partition coefficient (Wildman–Crippen LogP) is 7.54. The number of halogens is 1. The molecule has 7 heteroatoms. The number of anilines is 2. The molecule has 2 fully saturated rings. The first-order valence-corrected chi connectivity index (χ1v) is 14.8. The van der Waals surface area contributed by atoms with E-state index in [-0.39, 0.29) is 11.9 Å². The number of morpholine rings is 1. The SMILES string of the molecule is C[C@@H](c1ccccc1)N1C=C(c2noc(C(C)(C)c3ccccc3)n2)C(=C2CC2)c2cc(F)c(N3CCOCC3)cc21. The van der Waals surface area contributed by atoms with Crippen molar-refractivity contribution in [2.24, 2.45) is 0 Å². The monoisotopic (exact) mass is 562 g/mol. The van der Waals surface area contributed by atoms with Crippen molar-refractivity contribution in [3.8, 4) is 0 Å². The van der Waals surface area contributed by atoms with Gasteiger partial charge in [0.05, 0.1) is 36.0 Å². The molecule has 7 rings (SSSR count). The van der Waals surface area contributed by atoms with Gasteiger partial charge < -0.3 is 19.1 Å². The van der Waals surface area contributed by atoms with Crippen LogP contribution in [0.4, 0.5) is 15.8 Å². The zero-order chi connectivity index (χ0) is 28.8. The number of fused-ring (bicyclic) bond motifs is 1. The Balaban J connectivity index is 1.37. The smallest absolute Gasteiger partial charge is 0.237 e. The van der Waals surface area contributed by atoms with Gasteiger partial charge in [-0.25, -0.2) is 4.39 Å². The van der Waals surface area contributed by atoms with Crippen LogP contribution in [0.2, 0.25) is 0 Å². The summed E-state index contributed by atoms with van der Waals surface area (Å²) in [4.78, 5) is 9.30. The maximum Gasteiger partial charge on any atom is 0.237 e. The molecule has 1 atom stereocenters. The summed E-state index contributed by atoms with van der Waals surface area (Å²) >= 11 is 0. The van der Waals surface area contributed by atoms with Crippen LogP contribution in [0, 0.1) is 5.82 Å². The summed E-state index contributed by atoms with van der Waals surface area (Å²) in [7, 11) is 0. The van der Waals surface area contributed by atoms with Crippen molar-refractivity contribution in [2.75, 3.05) is 36.1 Å². The highest BCUT2D eigenvalue weighted by atomic mass is 19.1. The highest BCUT2D eigenvalue weighted by Gasteiger charge is 2.36. The van der Waals surface area contributed by atoms with E-state index in [2.05, 4.69) is 78.3 Å². The first-order valence-electron chi connectivity index (χ1n) is 14.8. The van der Waals surface area contributed by atoms with Crippen LogP contribution in [-0.4, -0.2) is 36.4 Å². The summed E-state index contributed by atoms with van der Waals surface area (Å²) in [5.74, 6) is 0.853. The third kappa shape index (κ3) is 4.71. The van der Waals surface area contributed by atoms with Crippen molar-refractivity contribution in [2.45, 2.75) is 45.1 Å². The van der Waals surface area contributed by atoms with E-state index in [1.165, 1.54) is 5.57 Å². The van der Waals surface area contributed by atoms with E-state index in [0.29, 0.717) is 43.7 Å². The van der Waals surface area contributed by atoms with E-state index in [4.69, 9.17) is 14.2 Å². The van der Waals surface area contributed by atoms with Gasteiger partial charge in [0.25, 0.3) is 0 Å². The molecule has 1 saturated carbocycles. The molecular weight excluding hydrogens is 527 g/mol. The van der Waals surface area contributed by atoms with Crippen LogP contribution in [0.15, 0.2) is 89.1 Å². The summed E-state index contributed by atoms with van der Waals surface area (Å²) < 4.78 is 27.4. The fourth-order valence-corrected chi connectivity index (χ4v) is 6.07. The number of hydrogen-bond acceptors (Lipinski definition) is 6. The van der Waals surface area contributed by atoms with Crippen LogP contribution in [0.25, 0.3) is 11.1 Å². The summed E-state index contributed by atoms with van der Waals surface area (Å²) in [6, 6.07) is 24.3. The summed E-state index contributed by atoms with van der Waals surface area (Å²) in [6.45, 7) is 8.90. The summed E-state index contributed by atoms with van der Waals surface area (Å²) in [6.07, 6.45) is 4.10. The summed E-state index contributed by atoms with van der Waals surface area (Å²) in [5.41, 5.74) is 7.47. The molecule has 1 aliphatic carbocycles. The second-order valence-electron chi connectivity index (χ2n) is 11.8. The standard InChI is InChI=1S/C35H35FN4O2/c1-23(24-10-6-4-7-11-24)40-22-28(33-37-34(42-38-33)35(2,3)26-12-8-5-9-13-26)32(25-14-15-25)27-20-29(36)31(21-30(27)40)39-16-18-41-19-17-39/h4-13,20-23H,14-19H2,1-3H3/t23-/m0/s1. The Morgan fingerprint density at radius 2 is 1.60 bits per heavy atom. The lowest BCUT2D eigenvalue weighted by molar-refractivity contribution is 0.122. The fourth-order valence-electron chi connectivity index (χ4n) is 6.07. The molecule has 0 bridgehead atoms. The van der Waals surface area contributed by atoms with E-state index in [1.807, 2.05) is 30.3 Å². The summed E-state index contributed by atoms with van der Waals surface area (Å²) in [5, 5.41) is 4.51. The van der Waals surface area contributed by atoms with Crippen LogP contribution in [0.3, 0.4) is 0 Å². The minimum absolute atomic E-state index is 0.0131. The lowest BCUT2D eigenvalue weighted by atomic mass is 9.84. The molecule has 3 aliphatic rings. The predicted molar refractivity (Wildman–Crippen MR) is 164 cm³/mol. The van der Waals surface area contributed by atoms with Crippen LogP contribution in [-0.2, 0) is 10.2 Å². The molecule has 1 aromatic heterocycles. The third-order valence-electron chi connectivity index (χ3n) is 8.75. The van der Waals surface area contributed by atoms with Crippen LogP contribution < -0.4 is 9.80 Å². The molecule has 0 radical (unpaired) electrons. The van der Waals surface area contributed by atoms with E-state index in [1.54, 1.807) is 6.07 Å². The first kappa shape index (κ1) is 26.7. The van der Waals surface area contributed by atoms with Gasteiger partial charge in [-0.1, -0.05) is 71.4 Å². The van der Waals surface area contributed by atoms with Crippen molar-refractivity contribution < 1.29 is 13.7 Å². The zero-order valence-electron chi connectivity index (χ0n) is 24.3. The Hall–Kier alpha value is -4.23. The Kier molecular flexibility index (Phi) is 6.70. The maximum absolute atomic E-state index is 16.0. The molecule has 3 heterocycles. The molecule has 1 saturated heterocycles. The van der Waals surface area contributed by atoms with E-state index < -0.39 is 5.41 Å². The molecule has 6 nitrogen and oxygen atoms in total. The van der Waals surface area contributed by atoms with Crippen molar-refractivity contribution in [3.05, 3.63) is 119 Å². The number of benzene rings is 3. The number of allylic oxidation sites excluding steroid dienone is 3. The Morgan fingerprint density at radius 3 is 2.29 bits per heavy atom. The molecule has 3 aromatic carbocycles. The lowest BCUT2D eigenvalue weighted by Gasteiger charge is -2.37. The lowest BCUT2D eigenvalue weighted by Crippen LogP contribution is -2.37. The maximum atomic E-state index is 16.0. The van der Waals surface area contributed by atoms with Crippen molar-refractivity contribution >= 4 is 22.5 Å². The largest absolute Gasteiger partial charge is 0.378 e. The Bertz CT molecular complexity index is 1660. The number of hydrogen-bond donors (Lipinski definition) is 0. The topological polar surface area (TPSA) is 54.6 Å². The molecule has 0 amide bonds. The molecule has 0 N–H and O–H groups in total. The highest BCUT2D eigenvalue weighted by molar-refractivity contribution is 6.11. The zero-order valence-corrected chi connectivity index (χ0v) is 24.3. The van der Waals surface area contributed by atoms with Gasteiger partial charge in [-0.15, -0.1) is 0 Å². The van der Waals surface area contributed by atoms with Gasteiger partial charge in [0.15, 0.2) is 0 Å². The molecule has 4 aromatic rings. The number of nitrogens with zero attached hydrogens (tertiary/aromatic N) is 4. The number of ether oxygens (including phenoxy) is 1. The number of rotatable bonds is 6. The van der Waals surface area contributed by atoms with Crippen molar-refractivity contribution in [1.82, 2.24) is 10.1 Å². The minimum Gasteiger partial charge on any atom is -0.378 e. The average Bonchev–Trinajstić information content (AvgIpc) is 3.74. The van der Waals surface area contributed by atoms with E-state index in [0.717, 1.165) is 46.4 Å². The van der Waals surface area contributed by atoms with Crippen LogP contribution in [0.5, 0.6) is 0 Å². The normalized spacial score (nSPS) is 17.7. The Labute approximate surface area is 246 Å². The highest BCUT2D eigenvalue weighted by Crippen LogP contribution is 2.51. The third-order valence-corrected chi connectivity index (χ3v) is 8.75. The van der Waals surface area contributed by atoms with Gasteiger partial charge in [0, 0.05) is 30.4 Å². The van der Waals surface area contributed by atoms with Gasteiger partial charge in [-0.2, -0.15) is 4.98 Å². The first-order chi connectivity index (χ1) is 20.4. The molecular formula is C35H35FN4O2. The fraction of sp³-hybridized carbons (Fsp3) is 0.314. The van der Waals surface area contributed by atoms with E-state index >= 15 is 4.39 Å². The molecule has 42 heavy (non-hydrogen) atoms. The van der Waals surface area contributed by atoms with Gasteiger partial charge in [-0.05, 0) is 62.4 Å².